The third kappa shape index (κ3) is 2.85. The number of anilines is 1. The van der Waals surface area contributed by atoms with Gasteiger partial charge in [-0.2, -0.15) is 5.10 Å². The fraction of sp³-hybridized carbons (Fsp3) is 0.143. The van der Waals surface area contributed by atoms with Crippen molar-refractivity contribution in [1.82, 2.24) is 10.2 Å². The number of aryl methyl sites for hydroxylation is 2. The van der Waals surface area contributed by atoms with Crippen LogP contribution in [0.3, 0.4) is 0 Å². The largest absolute Gasteiger partial charge is 0.319 e. The van der Waals surface area contributed by atoms with E-state index in [9.17, 15) is 4.79 Å². The molecule has 0 radical (unpaired) electrons. The van der Waals surface area contributed by atoms with Crippen LogP contribution in [0, 0.1) is 13.8 Å². The van der Waals surface area contributed by atoms with Crippen molar-refractivity contribution in [3.63, 3.8) is 0 Å². The highest BCUT2D eigenvalue weighted by molar-refractivity contribution is 6.02. The van der Waals surface area contributed by atoms with Gasteiger partial charge in [-0.1, -0.05) is 30.3 Å². The maximum Gasteiger partial charge on any atom is 0.248 e. The first-order valence-corrected chi connectivity index (χ1v) is 5.72. The molecule has 0 bridgehead atoms. The summed E-state index contributed by atoms with van der Waals surface area (Å²) < 4.78 is 0. The Bertz CT molecular complexity index is 550. The quantitative estimate of drug-likeness (QED) is 0.812. The van der Waals surface area contributed by atoms with Crippen molar-refractivity contribution in [2.45, 2.75) is 13.8 Å². The molecule has 0 unspecified atom stereocenters. The van der Waals surface area contributed by atoms with Crippen LogP contribution < -0.4 is 5.32 Å². The second-order valence-electron chi connectivity index (χ2n) is 4.04. The third-order valence-corrected chi connectivity index (χ3v) is 2.60. The van der Waals surface area contributed by atoms with Gasteiger partial charge in [-0.15, -0.1) is 0 Å². The maximum atomic E-state index is 11.7. The van der Waals surface area contributed by atoms with Crippen LogP contribution >= 0.6 is 0 Å². The number of H-pyrrole nitrogens is 1. The summed E-state index contributed by atoms with van der Waals surface area (Å²) in [6.45, 7) is 3.72. The number of hydrogen-bond acceptors (Lipinski definition) is 2. The smallest absolute Gasteiger partial charge is 0.248 e. The molecule has 2 rings (SSSR count). The lowest BCUT2D eigenvalue weighted by molar-refractivity contribution is -0.111. The molecule has 0 saturated heterocycles. The SMILES string of the molecule is Cc1n[nH]c(C)c1NC(=O)/C=C/c1ccccc1. The van der Waals surface area contributed by atoms with E-state index in [0.717, 1.165) is 22.6 Å². The molecule has 4 nitrogen and oxygen atoms in total. The van der Waals surface area contributed by atoms with Gasteiger partial charge in [-0.25, -0.2) is 0 Å². The zero-order valence-electron chi connectivity index (χ0n) is 10.4. The van der Waals surface area contributed by atoms with Crippen LogP contribution in [-0.2, 0) is 4.79 Å². The van der Waals surface area contributed by atoms with Gasteiger partial charge in [0.25, 0.3) is 0 Å². The molecule has 0 fully saturated rings. The number of carbonyl (C=O) groups is 1. The molecule has 0 atom stereocenters. The van der Waals surface area contributed by atoms with Crippen LogP contribution in [0.5, 0.6) is 0 Å². The summed E-state index contributed by atoms with van der Waals surface area (Å²) in [6.07, 6.45) is 3.29. The van der Waals surface area contributed by atoms with E-state index in [-0.39, 0.29) is 5.91 Å². The zero-order chi connectivity index (χ0) is 13.0. The summed E-state index contributed by atoms with van der Waals surface area (Å²) in [5.41, 5.74) is 3.38. The van der Waals surface area contributed by atoms with Crippen molar-refractivity contribution in [3.05, 3.63) is 53.4 Å². The van der Waals surface area contributed by atoms with Crippen LogP contribution in [0.25, 0.3) is 6.08 Å². The molecule has 0 saturated carbocycles. The van der Waals surface area contributed by atoms with Crippen LogP contribution in [0.15, 0.2) is 36.4 Å². The summed E-state index contributed by atoms with van der Waals surface area (Å²) >= 11 is 0. The molecule has 1 heterocycles. The first-order valence-electron chi connectivity index (χ1n) is 5.72. The Morgan fingerprint density at radius 2 is 2.00 bits per heavy atom. The highest BCUT2D eigenvalue weighted by atomic mass is 16.1. The number of hydrogen-bond donors (Lipinski definition) is 2. The minimum absolute atomic E-state index is 0.161. The van der Waals surface area contributed by atoms with Crippen LogP contribution in [0.2, 0.25) is 0 Å². The number of benzene rings is 1. The van der Waals surface area contributed by atoms with Crippen molar-refractivity contribution in [3.8, 4) is 0 Å². The van der Waals surface area contributed by atoms with Crippen molar-refractivity contribution in [2.75, 3.05) is 5.32 Å². The molecular weight excluding hydrogens is 226 g/mol. The zero-order valence-corrected chi connectivity index (χ0v) is 10.4. The fourth-order valence-corrected chi connectivity index (χ4v) is 1.64. The molecule has 2 N–H and O–H groups in total. The minimum atomic E-state index is -0.161. The van der Waals surface area contributed by atoms with Crippen molar-refractivity contribution in [2.24, 2.45) is 0 Å². The van der Waals surface area contributed by atoms with E-state index in [1.165, 1.54) is 6.08 Å². The Morgan fingerprint density at radius 1 is 1.28 bits per heavy atom. The molecule has 92 valence electrons. The van der Waals surface area contributed by atoms with Gasteiger partial charge in [-0.3, -0.25) is 9.89 Å². The summed E-state index contributed by atoms with van der Waals surface area (Å²) in [6, 6.07) is 9.69. The molecule has 4 heteroatoms. The Balaban J connectivity index is 2.04. The van der Waals surface area contributed by atoms with Crippen molar-refractivity contribution >= 4 is 17.7 Å². The minimum Gasteiger partial charge on any atom is -0.319 e. The van der Waals surface area contributed by atoms with Gasteiger partial charge in [0.1, 0.15) is 0 Å². The van der Waals surface area contributed by atoms with Gasteiger partial charge in [0.15, 0.2) is 0 Å². The number of aromatic amines is 1. The predicted molar refractivity (Wildman–Crippen MR) is 72.2 cm³/mol. The maximum absolute atomic E-state index is 11.7. The molecule has 0 aliphatic rings. The van der Waals surface area contributed by atoms with Crippen LogP contribution in [-0.4, -0.2) is 16.1 Å². The van der Waals surface area contributed by atoms with E-state index >= 15 is 0 Å². The Labute approximate surface area is 106 Å². The number of aromatic nitrogens is 2. The van der Waals surface area contributed by atoms with E-state index in [0.29, 0.717) is 0 Å². The normalized spacial score (nSPS) is 10.8. The first kappa shape index (κ1) is 12.1. The summed E-state index contributed by atoms with van der Waals surface area (Å²) in [5.74, 6) is -0.161. The summed E-state index contributed by atoms with van der Waals surface area (Å²) in [5, 5.41) is 9.66. The van der Waals surface area contributed by atoms with Gasteiger partial charge in [0, 0.05) is 6.08 Å². The van der Waals surface area contributed by atoms with Gasteiger partial charge in [-0.05, 0) is 25.5 Å². The number of amides is 1. The van der Waals surface area contributed by atoms with Crippen molar-refractivity contribution < 1.29 is 4.79 Å². The van der Waals surface area contributed by atoms with Gasteiger partial charge >= 0.3 is 0 Å². The Hall–Kier alpha value is -2.36. The van der Waals surface area contributed by atoms with E-state index in [1.54, 1.807) is 6.08 Å². The fourth-order valence-electron chi connectivity index (χ4n) is 1.64. The molecular formula is C14H15N3O. The summed E-state index contributed by atoms with van der Waals surface area (Å²) in [7, 11) is 0. The predicted octanol–water partition coefficient (Wildman–Crippen LogP) is 2.68. The van der Waals surface area contributed by atoms with Crippen molar-refractivity contribution in [1.29, 1.82) is 0 Å². The van der Waals surface area contributed by atoms with Gasteiger partial charge < -0.3 is 5.32 Å². The molecule has 2 aromatic rings. The number of rotatable bonds is 3. The van der Waals surface area contributed by atoms with E-state index in [2.05, 4.69) is 15.5 Å². The highest BCUT2D eigenvalue weighted by Crippen LogP contribution is 2.15. The number of nitrogens with zero attached hydrogens (tertiary/aromatic N) is 1. The lowest BCUT2D eigenvalue weighted by atomic mass is 10.2. The Morgan fingerprint density at radius 3 is 2.61 bits per heavy atom. The molecule has 1 aromatic carbocycles. The average molecular weight is 241 g/mol. The van der Waals surface area contributed by atoms with E-state index in [4.69, 9.17) is 0 Å². The molecule has 1 aromatic heterocycles. The second-order valence-corrected chi connectivity index (χ2v) is 4.04. The van der Waals surface area contributed by atoms with E-state index < -0.39 is 0 Å². The van der Waals surface area contributed by atoms with Gasteiger partial charge in [0.2, 0.25) is 5.91 Å². The topological polar surface area (TPSA) is 57.8 Å². The number of nitrogens with one attached hydrogen (secondary N) is 2. The summed E-state index contributed by atoms with van der Waals surface area (Å²) in [4.78, 5) is 11.7. The molecule has 0 spiro atoms. The first-order chi connectivity index (χ1) is 8.66. The van der Waals surface area contributed by atoms with Crippen LogP contribution in [0.1, 0.15) is 17.0 Å². The highest BCUT2D eigenvalue weighted by Gasteiger charge is 2.07. The third-order valence-electron chi connectivity index (χ3n) is 2.60. The van der Waals surface area contributed by atoms with Crippen LogP contribution in [0.4, 0.5) is 5.69 Å². The standard InChI is InChI=1S/C14H15N3O/c1-10-14(11(2)17-16-10)15-13(18)9-8-12-6-4-3-5-7-12/h3-9H,1-2H3,(H,15,18)(H,16,17)/b9-8+. The molecule has 18 heavy (non-hydrogen) atoms. The Kier molecular flexibility index (Phi) is 3.57. The lowest BCUT2D eigenvalue weighted by Gasteiger charge is -2.01. The second kappa shape index (κ2) is 5.31. The molecule has 1 amide bonds. The lowest BCUT2D eigenvalue weighted by Crippen LogP contribution is -2.09. The monoisotopic (exact) mass is 241 g/mol. The number of carbonyl (C=O) groups excluding carboxylic acids is 1. The van der Waals surface area contributed by atoms with E-state index in [1.807, 2.05) is 44.2 Å². The average Bonchev–Trinajstić information content (AvgIpc) is 2.69. The molecule has 0 aliphatic heterocycles. The van der Waals surface area contributed by atoms with Gasteiger partial charge in [0.05, 0.1) is 17.1 Å². The molecule has 0 aliphatic carbocycles.